The van der Waals surface area contributed by atoms with Crippen molar-refractivity contribution in [2.45, 2.75) is 25.8 Å². The zero-order valence-electron chi connectivity index (χ0n) is 11.6. The van der Waals surface area contributed by atoms with Crippen LogP contribution < -0.4 is 16.0 Å². The smallest absolute Gasteiger partial charge is 0.265 e. The fraction of sp³-hybridized carbons (Fsp3) is 0.692. The average molecular weight is 296 g/mol. The summed E-state index contributed by atoms with van der Waals surface area (Å²) in [6.07, 6.45) is 2.11. The Balaban J connectivity index is 1.66. The number of hydrogen-bond acceptors (Lipinski definition) is 6. The van der Waals surface area contributed by atoms with Gasteiger partial charge >= 0.3 is 0 Å². The summed E-state index contributed by atoms with van der Waals surface area (Å²) in [6, 6.07) is 0.297. The lowest BCUT2D eigenvalue weighted by Crippen LogP contribution is -2.43. The highest BCUT2D eigenvalue weighted by Gasteiger charge is 2.29. The van der Waals surface area contributed by atoms with Crippen LogP contribution in [0.25, 0.3) is 0 Å². The molecular weight excluding hydrogens is 276 g/mol. The van der Waals surface area contributed by atoms with Crippen LogP contribution in [0.1, 0.15) is 29.4 Å². The van der Waals surface area contributed by atoms with Crippen LogP contribution in [-0.4, -0.2) is 43.2 Å². The Morgan fingerprint density at radius 1 is 1.45 bits per heavy atom. The van der Waals surface area contributed by atoms with E-state index < -0.39 is 0 Å². The number of thiazole rings is 1. The van der Waals surface area contributed by atoms with Crippen LogP contribution in [0.2, 0.25) is 0 Å². The monoisotopic (exact) mass is 296 g/mol. The summed E-state index contributed by atoms with van der Waals surface area (Å²) >= 11 is 1.37. The number of nitrogens with one attached hydrogen (secondary N) is 1. The number of amides is 1. The van der Waals surface area contributed by atoms with Crippen molar-refractivity contribution in [2.24, 2.45) is 5.92 Å². The summed E-state index contributed by atoms with van der Waals surface area (Å²) in [5.41, 5.74) is 5.89. The molecule has 1 aliphatic heterocycles. The molecule has 1 amide bonds. The SMILES string of the molecule is CC1CC(NC(=O)c2sc(N3CCOCC3)nc2N)C1. The standard InChI is InChI=1S/C13H20N4O2S/c1-8-6-9(7-8)15-12(18)10-11(14)16-13(20-10)17-2-4-19-5-3-17/h8-9H,2-7,14H2,1H3,(H,15,18). The fourth-order valence-corrected chi connectivity index (χ4v) is 3.58. The van der Waals surface area contributed by atoms with Gasteiger partial charge in [-0.1, -0.05) is 18.3 Å². The lowest BCUT2D eigenvalue weighted by Gasteiger charge is -2.33. The number of nitrogens with zero attached hydrogens (tertiary/aromatic N) is 2. The Hall–Kier alpha value is -1.34. The molecule has 0 atom stereocenters. The molecule has 0 spiro atoms. The summed E-state index contributed by atoms with van der Waals surface area (Å²) in [5.74, 6) is 0.959. The number of hydrogen-bond donors (Lipinski definition) is 2. The van der Waals surface area contributed by atoms with E-state index in [9.17, 15) is 4.79 Å². The quantitative estimate of drug-likeness (QED) is 0.873. The number of carbonyl (C=O) groups excluding carboxylic acids is 1. The maximum Gasteiger partial charge on any atom is 0.265 e. The van der Waals surface area contributed by atoms with Gasteiger partial charge in [-0.3, -0.25) is 4.79 Å². The van der Waals surface area contributed by atoms with Crippen molar-refractivity contribution in [3.05, 3.63) is 4.88 Å². The Kier molecular flexibility index (Phi) is 3.80. The molecule has 0 bridgehead atoms. The number of rotatable bonds is 3. The second-order valence-corrected chi connectivity index (χ2v) is 6.53. The molecular formula is C13H20N4O2S. The first-order valence-electron chi connectivity index (χ1n) is 7.03. The van der Waals surface area contributed by atoms with Crippen molar-refractivity contribution < 1.29 is 9.53 Å². The van der Waals surface area contributed by atoms with E-state index in [1.807, 2.05) is 0 Å². The summed E-state index contributed by atoms with van der Waals surface area (Å²) in [4.78, 5) is 19.2. The molecule has 110 valence electrons. The molecule has 2 aliphatic rings. The third-order valence-electron chi connectivity index (χ3n) is 3.84. The van der Waals surface area contributed by atoms with Crippen molar-refractivity contribution >= 4 is 28.2 Å². The highest BCUT2D eigenvalue weighted by molar-refractivity contribution is 7.18. The minimum Gasteiger partial charge on any atom is -0.382 e. The molecule has 1 saturated heterocycles. The van der Waals surface area contributed by atoms with Crippen LogP contribution in [0.4, 0.5) is 10.9 Å². The second-order valence-electron chi connectivity index (χ2n) is 5.56. The number of nitrogen functional groups attached to an aromatic ring is 1. The van der Waals surface area contributed by atoms with Crippen LogP contribution in [0.5, 0.6) is 0 Å². The molecule has 20 heavy (non-hydrogen) atoms. The molecule has 6 nitrogen and oxygen atoms in total. The molecule has 0 aromatic carbocycles. The van der Waals surface area contributed by atoms with Crippen LogP contribution in [-0.2, 0) is 4.74 Å². The number of carbonyl (C=O) groups is 1. The highest BCUT2D eigenvalue weighted by atomic mass is 32.1. The number of morpholine rings is 1. The first-order valence-corrected chi connectivity index (χ1v) is 7.85. The van der Waals surface area contributed by atoms with Gasteiger partial charge in [-0.15, -0.1) is 0 Å². The molecule has 1 aromatic heterocycles. The molecule has 0 unspecified atom stereocenters. The van der Waals surface area contributed by atoms with E-state index in [4.69, 9.17) is 10.5 Å². The van der Waals surface area contributed by atoms with Gasteiger partial charge in [0.05, 0.1) is 13.2 Å². The van der Waals surface area contributed by atoms with Gasteiger partial charge in [0.15, 0.2) is 5.13 Å². The molecule has 2 fully saturated rings. The van der Waals surface area contributed by atoms with Crippen molar-refractivity contribution in [2.75, 3.05) is 36.9 Å². The van der Waals surface area contributed by atoms with E-state index >= 15 is 0 Å². The summed E-state index contributed by atoms with van der Waals surface area (Å²) in [6.45, 7) is 5.19. The van der Waals surface area contributed by atoms with Crippen molar-refractivity contribution in [3.63, 3.8) is 0 Å². The molecule has 3 N–H and O–H groups in total. The van der Waals surface area contributed by atoms with Crippen LogP contribution in [0.15, 0.2) is 0 Å². The number of nitrogens with two attached hydrogens (primary N) is 1. The molecule has 1 aliphatic carbocycles. The predicted molar refractivity (Wildman–Crippen MR) is 79.2 cm³/mol. The Morgan fingerprint density at radius 2 is 2.15 bits per heavy atom. The summed E-state index contributed by atoms with van der Waals surface area (Å²) in [5, 5.41) is 3.85. The maximum atomic E-state index is 12.2. The van der Waals surface area contributed by atoms with Crippen LogP contribution in [0, 0.1) is 5.92 Å². The predicted octanol–water partition coefficient (Wildman–Crippen LogP) is 1.09. The van der Waals surface area contributed by atoms with Crippen LogP contribution >= 0.6 is 11.3 Å². The minimum absolute atomic E-state index is 0.0867. The van der Waals surface area contributed by atoms with Crippen molar-refractivity contribution in [1.82, 2.24) is 10.3 Å². The first-order chi connectivity index (χ1) is 9.63. The largest absolute Gasteiger partial charge is 0.382 e. The number of aromatic nitrogens is 1. The number of anilines is 2. The van der Waals surface area contributed by atoms with E-state index in [1.165, 1.54) is 11.3 Å². The topological polar surface area (TPSA) is 80.5 Å². The lowest BCUT2D eigenvalue weighted by atomic mass is 9.82. The van der Waals surface area contributed by atoms with E-state index in [0.717, 1.165) is 31.1 Å². The maximum absolute atomic E-state index is 12.2. The van der Waals surface area contributed by atoms with Crippen molar-refractivity contribution in [1.29, 1.82) is 0 Å². The number of ether oxygens (including phenoxy) is 1. The molecule has 3 rings (SSSR count). The average Bonchev–Trinajstić information content (AvgIpc) is 2.80. The van der Waals surface area contributed by atoms with Gasteiger partial charge < -0.3 is 20.7 Å². The van der Waals surface area contributed by atoms with Gasteiger partial charge in [-0.2, -0.15) is 0 Å². The van der Waals surface area contributed by atoms with Gasteiger partial charge in [0.25, 0.3) is 5.91 Å². The van der Waals surface area contributed by atoms with Gasteiger partial charge in [-0.25, -0.2) is 4.98 Å². The van der Waals surface area contributed by atoms with Gasteiger partial charge in [0, 0.05) is 19.1 Å². The molecule has 2 heterocycles. The van der Waals surface area contributed by atoms with E-state index in [0.29, 0.717) is 35.9 Å². The fourth-order valence-electron chi connectivity index (χ4n) is 2.64. The molecule has 0 radical (unpaired) electrons. The summed E-state index contributed by atoms with van der Waals surface area (Å²) in [7, 11) is 0. The van der Waals surface area contributed by atoms with Crippen LogP contribution in [0.3, 0.4) is 0 Å². The zero-order chi connectivity index (χ0) is 14.1. The Morgan fingerprint density at radius 3 is 2.80 bits per heavy atom. The normalized spacial score (nSPS) is 26.1. The molecule has 1 saturated carbocycles. The minimum atomic E-state index is -0.0867. The first kappa shape index (κ1) is 13.6. The van der Waals surface area contributed by atoms with E-state index in [-0.39, 0.29) is 5.91 Å². The molecule has 1 aromatic rings. The van der Waals surface area contributed by atoms with E-state index in [2.05, 4.69) is 22.1 Å². The van der Waals surface area contributed by atoms with Gasteiger partial charge in [-0.05, 0) is 18.8 Å². The highest BCUT2D eigenvalue weighted by Crippen LogP contribution is 2.30. The third kappa shape index (κ3) is 2.73. The second kappa shape index (κ2) is 5.57. The third-order valence-corrected chi connectivity index (χ3v) is 4.97. The molecule has 7 heteroatoms. The zero-order valence-corrected chi connectivity index (χ0v) is 12.4. The Bertz CT molecular complexity index is 493. The lowest BCUT2D eigenvalue weighted by molar-refractivity contribution is 0.0901. The van der Waals surface area contributed by atoms with Crippen molar-refractivity contribution in [3.8, 4) is 0 Å². The Labute approximate surface area is 122 Å². The van der Waals surface area contributed by atoms with E-state index in [1.54, 1.807) is 0 Å². The van der Waals surface area contributed by atoms with Gasteiger partial charge in [0.2, 0.25) is 0 Å². The van der Waals surface area contributed by atoms with Gasteiger partial charge in [0.1, 0.15) is 10.7 Å². The summed E-state index contributed by atoms with van der Waals surface area (Å²) < 4.78 is 5.32.